The fourth-order valence-electron chi connectivity index (χ4n) is 1.87. The molecule has 1 aromatic heterocycles. The maximum absolute atomic E-state index is 13.9. The first-order chi connectivity index (χ1) is 9.86. The zero-order chi connectivity index (χ0) is 15.6. The molecule has 0 aliphatic heterocycles. The molecule has 0 aliphatic carbocycles. The Morgan fingerprint density at radius 2 is 2.14 bits per heavy atom. The van der Waals surface area contributed by atoms with Crippen LogP contribution in [0, 0.1) is 5.82 Å². The largest absolute Gasteiger partial charge is 0.337 e. The van der Waals surface area contributed by atoms with Crippen molar-refractivity contribution in [3.8, 4) is 0 Å². The molecule has 0 bridgehead atoms. The van der Waals surface area contributed by atoms with Crippen molar-refractivity contribution in [1.82, 2.24) is 13.9 Å². The fourth-order valence-corrected chi connectivity index (χ4v) is 3.11. The molecule has 0 amide bonds. The molecule has 1 aromatic carbocycles. The second-order valence-corrected chi connectivity index (χ2v) is 6.70. The van der Waals surface area contributed by atoms with Gasteiger partial charge < -0.3 is 10.3 Å². The van der Waals surface area contributed by atoms with E-state index in [1.165, 1.54) is 19.2 Å². The van der Waals surface area contributed by atoms with Crippen molar-refractivity contribution in [1.29, 1.82) is 0 Å². The highest BCUT2D eigenvalue weighted by atomic mass is 32.2. The molecule has 2 N–H and O–H groups in total. The predicted octanol–water partition coefficient (Wildman–Crippen LogP) is 0.839. The van der Waals surface area contributed by atoms with Gasteiger partial charge in [-0.05, 0) is 17.7 Å². The molecule has 6 nitrogen and oxygen atoms in total. The maximum Gasteiger partial charge on any atom is 0.246 e. The Morgan fingerprint density at radius 1 is 1.43 bits per heavy atom. The summed E-state index contributed by atoms with van der Waals surface area (Å²) in [5, 5.41) is 0. The number of nitrogens with zero attached hydrogens (tertiary/aromatic N) is 3. The molecule has 1 heterocycles. The fraction of sp³-hybridized carbons (Fsp3) is 0.308. The zero-order valence-corrected chi connectivity index (χ0v) is 12.6. The summed E-state index contributed by atoms with van der Waals surface area (Å²) in [6.45, 7) is 0.198. The Morgan fingerprint density at radius 3 is 2.71 bits per heavy atom. The van der Waals surface area contributed by atoms with Crippen LogP contribution in [0.4, 0.5) is 4.39 Å². The van der Waals surface area contributed by atoms with Gasteiger partial charge in [0.25, 0.3) is 0 Å². The minimum Gasteiger partial charge on any atom is -0.337 e. The average Bonchev–Trinajstić information content (AvgIpc) is 2.84. The third-order valence-electron chi connectivity index (χ3n) is 3.20. The van der Waals surface area contributed by atoms with E-state index in [1.54, 1.807) is 24.0 Å². The Kier molecular flexibility index (Phi) is 4.40. The van der Waals surface area contributed by atoms with Crippen LogP contribution in [0.1, 0.15) is 11.4 Å². The molecule has 0 saturated heterocycles. The molecule has 0 saturated carbocycles. The van der Waals surface area contributed by atoms with Gasteiger partial charge in [-0.1, -0.05) is 6.07 Å². The van der Waals surface area contributed by atoms with E-state index in [9.17, 15) is 12.8 Å². The maximum atomic E-state index is 13.9. The van der Waals surface area contributed by atoms with Crippen molar-refractivity contribution < 1.29 is 12.8 Å². The summed E-state index contributed by atoms with van der Waals surface area (Å²) in [7, 11) is -0.796. The summed E-state index contributed by atoms with van der Waals surface area (Å²) in [5.41, 5.74) is 6.03. The van der Waals surface area contributed by atoms with Crippen molar-refractivity contribution in [2.24, 2.45) is 12.8 Å². The van der Waals surface area contributed by atoms with Crippen LogP contribution < -0.4 is 5.73 Å². The molecule has 0 fully saturated rings. The van der Waals surface area contributed by atoms with Crippen LogP contribution in [0.2, 0.25) is 0 Å². The predicted molar refractivity (Wildman–Crippen MR) is 76.2 cm³/mol. The van der Waals surface area contributed by atoms with E-state index in [0.717, 1.165) is 10.4 Å². The number of aromatic nitrogens is 2. The SMILES string of the molecule is CN(Cc1nccn1C)S(=O)(=O)c1cc(CN)ccc1F. The number of hydrogen-bond acceptors (Lipinski definition) is 4. The summed E-state index contributed by atoms with van der Waals surface area (Å²) in [5.74, 6) is -0.227. The van der Waals surface area contributed by atoms with E-state index in [1.807, 2.05) is 0 Å². The minimum absolute atomic E-state index is 0.0537. The van der Waals surface area contributed by atoms with Crippen molar-refractivity contribution in [2.75, 3.05) is 7.05 Å². The minimum atomic E-state index is -3.95. The number of nitrogens with two attached hydrogens (primary N) is 1. The van der Waals surface area contributed by atoms with Crippen LogP contribution in [0.5, 0.6) is 0 Å². The summed E-state index contributed by atoms with van der Waals surface area (Å²) >= 11 is 0. The summed E-state index contributed by atoms with van der Waals surface area (Å²) in [6.07, 6.45) is 3.29. The Hall–Kier alpha value is -1.77. The lowest BCUT2D eigenvalue weighted by Crippen LogP contribution is -2.28. The number of rotatable bonds is 5. The lowest BCUT2D eigenvalue weighted by atomic mass is 10.2. The van der Waals surface area contributed by atoms with Gasteiger partial charge in [0.15, 0.2) is 0 Å². The van der Waals surface area contributed by atoms with Gasteiger partial charge in [0, 0.05) is 33.0 Å². The van der Waals surface area contributed by atoms with E-state index < -0.39 is 15.8 Å². The first-order valence-electron chi connectivity index (χ1n) is 6.27. The van der Waals surface area contributed by atoms with Gasteiger partial charge in [-0.25, -0.2) is 17.8 Å². The Labute approximate surface area is 123 Å². The summed E-state index contributed by atoms with van der Waals surface area (Å²) in [4.78, 5) is 3.69. The number of hydrogen-bond donors (Lipinski definition) is 1. The molecule has 2 aromatic rings. The highest BCUT2D eigenvalue weighted by Crippen LogP contribution is 2.21. The molecule has 0 atom stereocenters. The van der Waals surface area contributed by atoms with Gasteiger partial charge in [0.05, 0.1) is 6.54 Å². The molecule has 21 heavy (non-hydrogen) atoms. The van der Waals surface area contributed by atoms with Crippen molar-refractivity contribution in [2.45, 2.75) is 18.0 Å². The van der Waals surface area contributed by atoms with Gasteiger partial charge in [0.2, 0.25) is 10.0 Å². The first kappa shape index (κ1) is 15.6. The van der Waals surface area contributed by atoms with Crippen molar-refractivity contribution in [3.63, 3.8) is 0 Å². The second kappa shape index (κ2) is 5.92. The number of aryl methyl sites for hydroxylation is 1. The van der Waals surface area contributed by atoms with Gasteiger partial charge in [-0.2, -0.15) is 4.31 Å². The van der Waals surface area contributed by atoms with E-state index >= 15 is 0 Å². The average molecular weight is 312 g/mol. The lowest BCUT2D eigenvalue weighted by Gasteiger charge is -2.17. The van der Waals surface area contributed by atoms with E-state index in [4.69, 9.17) is 5.73 Å². The smallest absolute Gasteiger partial charge is 0.246 e. The van der Waals surface area contributed by atoms with E-state index in [0.29, 0.717) is 11.4 Å². The van der Waals surface area contributed by atoms with Gasteiger partial charge in [-0.3, -0.25) is 0 Å². The van der Waals surface area contributed by atoms with Crippen molar-refractivity contribution in [3.05, 3.63) is 47.8 Å². The number of sulfonamides is 1. The highest BCUT2D eigenvalue weighted by Gasteiger charge is 2.25. The number of halogens is 1. The summed E-state index contributed by atoms with van der Waals surface area (Å²) in [6, 6.07) is 3.84. The topological polar surface area (TPSA) is 81.2 Å². The van der Waals surface area contributed by atoms with Gasteiger partial charge >= 0.3 is 0 Å². The van der Waals surface area contributed by atoms with Gasteiger partial charge in [-0.15, -0.1) is 0 Å². The van der Waals surface area contributed by atoms with Crippen molar-refractivity contribution >= 4 is 10.0 Å². The van der Waals surface area contributed by atoms with Gasteiger partial charge in [0.1, 0.15) is 16.5 Å². The van der Waals surface area contributed by atoms with Crippen LogP contribution in [0.15, 0.2) is 35.5 Å². The monoisotopic (exact) mass is 312 g/mol. The Balaban J connectivity index is 2.35. The van der Waals surface area contributed by atoms with Crippen LogP contribution in [0.25, 0.3) is 0 Å². The highest BCUT2D eigenvalue weighted by molar-refractivity contribution is 7.89. The molecule has 2 rings (SSSR count). The number of imidazole rings is 1. The van der Waals surface area contributed by atoms with E-state index in [2.05, 4.69) is 4.98 Å². The van der Waals surface area contributed by atoms with Crippen LogP contribution in [0.3, 0.4) is 0 Å². The normalized spacial score (nSPS) is 12.0. The second-order valence-electron chi connectivity index (χ2n) is 4.68. The standard InChI is InChI=1S/C13H17FN4O2S/c1-17-6-5-16-13(17)9-18(2)21(19,20)12-7-10(8-15)3-4-11(12)14/h3-7H,8-9,15H2,1-2H3. The first-order valence-corrected chi connectivity index (χ1v) is 7.71. The molecular weight excluding hydrogens is 295 g/mol. The molecule has 0 radical (unpaired) electrons. The molecule has 0 aliphatic rings. The van der Waals surface area contributed by atoms with Crippen LogP contribution >= 0.6 is 0 Å². The molecule has 0 unspecified atom stereocenters. The molecule has 8 heteroatoms. The third-order valence-corrected chi connectivity index (χ3v) is 5.02. The molecule has 0 spiro atoms. The lowest BCUT2D eigenvalue weighted by molar-refractivity contribution is 0.445. The summed E-state index contributed by atoms with van der Waals surface area (Å²) < 4.78 is 41.6. The number of benzene rings is 1. The molecule has 114 valence electrons. The van der Waals surface area contributed by atoms with E-state index in [-0.39, 0.29) is 18.0 Å². The van der Waals surface area contributed by atoms with Crippen LogP contribution in [-0.2, 0) is 30.2 Å². The Bertz CT molecular complexity index is 742. The zero-order valence-electron chi connectivity index (χ0n) is 11.8. The quantitative estimate of drug-likeness (QED) is 0.887. The third kappa shape index (κ3) is 3.12. The van der Waals surface area contributed by atoms with Crippen LogP contribution in [-0.4, -0.2) is 29.3 Å². The molecular formula is C13H17FN4O2S.